The van der Waals surface area contributed by atoms with Crippen LogP contribution in [0.5, 0.6) is 11.6 Å². The largest absolute Gasteiger partial charge is 0.438 e. The van der Waals surface area contributed by atoms with Crippen LogP contribution in [0.3, 0.4) is 0 Å². The summed E-state index contributed by atoms with van der Waals surface area (Å²) in [6.45, 7) is 0. The number of pyridine rings is 1. The van der Waals surface area contributed by atoms with Crippen molar-refractivity contribution in [2.24, 2.45) is 0 Å². The third-order valence-corrected chi connectivity index (χ3v) is 3.95. The molecular weight excluding hydrogens is 359 g/mol. The van der Waals surface area contributed by atoms with E-state index >= 15 is 0 Å². The van der Waals surface area contributed by atoms with Gasteiger partial charge in [-0.25, -0.2) is 19.2 Å². The lowest BCUT2D eigenvalue weighted by atomic mass is 10.2. The first-order chi connectivity index (χ1) is 12.6. The van der Waals surface area contributed by atoms with Crippen molar-refractivity contribution in [1.82, 2.24) is 9.97 Å². The van der Waals surface area contributed by atoms with Crippen LogP contribution in [0.1, 0.15) is 0 Å². The molecule has 0 N–H and O–H groups in total. The molecule has 0 aliphatic rings. The Kier molecular flexibility index (Phi) is 4.10. The summed E-state index contributed by atoms with van der Waals surface area (Å²) in [5, 5.41) is 0.479. The van der Waals surface area contributed by atoms with Crippen LogP contribution in [0.25, 0.3) is 22.4 Å². The summed E-state index contributed by atoms with van der Waals surface area (Å²) in [5.74, 6) is 0.237. The molecule has 0 atom stereocenters. The van der Waals surface area contributed by atoms with E-state index in [-0.39, 0.29) is 28.0 Å². The molecular formula is C19H10ClFN2O3. The average molecular weight is 369 g/mol. The van der Waals surface area contributed by atoms with Crippen molar-refractivity contribution in [2.75, 3.05) is 0 Å². The summed E-state index contributed by atoms with van der Waals surface area (Å²) in [4.78, 5) is 20.8. The number of halogens is 2. The van der Waals surface area contributed by atoms with Gasteiger partial charge in [0.1, 0.15) is 17.0 Å². The van der Waals surface area contributed by atoms with E-state index in [1.54, 1.807) is 30.3 Å². The maximum absolute atomic E-state index is 13.1. The van der Waals surface area contributed by atoms with E-state index in [1.807, 2.05) is 0 Å². The molecule has 4 rings (SSSR count). The summed E-state index contributed by atoms with van der Waals surface area (Å²) in [6, 6.07) is 13.8. The number of ether oxygens (including phenoxy) is 1. The van der Waals surface area contributed by atoms with Gasteiger partial charge in [0.05, 0.1) is 16.1 Å². The second-order valence-corrected chi connectivity index (χ2v) is 5.76. The van der Waals surface area contributed by atoms with Gasteiger partial charge in [-0.1, -0.05) is 17.7 Å². The van der Waals surface area contributed by atoms with Gasteiger partial charge in [0.25, 0.3) is 0 Å². The zero-order valence-electron chi connectivity index (χ0n) is 13.1. The molecule has 0 saturated heterocycles. The predicted molar refractivity (Wildman–Crippen MR) is 95.0 cm³/mol. The average Bonchev–Trinajstić information content (AvgIpc) is 2.64. The van der Waals surface area contributed by atoms with Gasteiger partial charge in [-0.05, 0) is 48.5 Å². The minimum atomic E-state index is -0.604. The second kappa shape index (κ2) is 6.57. The molecule has 0 amide bonds. The van der Waals surface area contributed by atoms with Crippen LogP contribution in [0.15, 0.2) is 70.0 Å². The summed E-state index contributed by atoms with van der Waals surface area (Å²) < 4.78 is 24.1. The molecule has 0 spiro atoms. The molecule has 128 valence electrons. The van der Waals surface area contributed by atoms with Crippen molar-refractivity contribution < 1.29 is 13.5 Å². The lowest BCUT2D eigenvalue weighted by Crippen LogP contribution is -2.04. The van der Waals surface area contributed by atoms with Gasteiger partial charge in [-0.3, -0.25) is 0 Å². The van der Waals surface area contributed by atoms with Gasteiger partial charge in [0.15, 0.2) is 0 Å². The number of fused-ring (bicyclic) bond motifs is 1. The lowest BCUT2D eigenvalue weighted by Gasteiger charge is -2.09. The van der Waals surface area contributed by atoms with Crippen molar-refractivity contribution in [2.45, 2.75) is 0 Å². The van der Waals surface area contributed by atoms with Crippen molar-refractivity contribution in [3.05, 3.63) is 82.1 Å². The number of aromatic nitrogens is 2. The number of hydrogen-bond donors (Lipinski definition) is 0. The van der Waals surface area contributed by atoms with E-state index in [2.05, 4.69) is 9.97 Å². The van der Waals surface area contributed by atoms with Gasteiger partial charge in [0.2, 0.25) is 11.8 Å². The number of hydrogen-bond acceptors (Lipinski definition) is 5. The van der Waals surface area contributed by atoms with Crippen molar-refractivity contribution in [3.63, 3.8) is 0 Å². The molecule has 2 aromatic carbocycles. The van der Waals surface area contributed by atoms with Crippen LogP contribution in [-0.2, 0) is 0 Å². The number of nitrogens with zero attached hydrogens (tertiary/aromatic N) is 2. The third kappa shape index (κ3) is 3.02. The van der Waals surface area contributed by atoms with Crippen molar-refractivity contribution in [1.29, 1.82) is 0 Å². The van der Waals surface area contributed by atoms with E-state index in [4.69, 9.17) is 20.8 Å². The minimum absolute atomic E-state index is 0.0509. The highest BCUT2D eigenvalue weighted by Gasteiger charge is 2.16. The van der Waals surface area contributed by atoms with Crippen LogP contribution in [-0.4, -0.2) is 9.97 Å². The van der Waals surface area contributed by atoms with Gasteiger partial charge in [-0.2, -0.15) is 0 Å². The number of benzene rings is 2. The fourth-order valence-electron chi connectivity index (χ4n) is 2.44. The molecule has 0 bridgehead atoms. The van der Waals surface area contributed by atoms with E-state index in [1.165, 1.54) is 30.5 Å². The molecule has 0 fully saturated rings. The fourth-order valence-corrected chi connectivity index (χ4v) is 2.69. The lowest BCUT2D eigenvalue weighted by molar-refractivity contribution is 0.456. The Morgan fingerprint density at radius 1 is 1.04 bits per heavy atom. The van der Waals surface area contributed by atoms with Crippen LogP contribution in [0.4, 0.5) is 4.39 Å². The van der Waals surface area contributed by atoms with Gasteiger partial charge >= 0.3 is 5.63 Å². The zero-order valence-corrected chi connectivity index (χ0v) is 13.9. The van der Waals surface area contributed by atoms with Gasteiger partial charge in [0, 0.05) is 6.20 Å². The zero-order chi connectivity index (χ0) is 18.1. The molecule has 0 radical (unpaired) electrons. The molecule has 2 heterocycles. The SMILES string of the molecule is O=c1oc(-c2cccnc2Oc2ccc(F)cc2)nc2cccc(Cl)c12. The summed E-state index contributed by atoms with van der Waals surface area (Å²) in [6.07, 6.45) is 1.53. The topological polar surface area (TPSA) is 65.2 Å². The molecule has 4 aromatic rings. The Morgan fingerprint density at radius 3 is 2.65 bits per heavy atom. The molecule has 2 aromatic heterocycles. The summed E-state index contributed by atoms with van der Waals surface area (Å²) in [5.41, 5.74) is 0.184. The Labute approximate surface area is 151 Å². The van der Waals surface area contributed by atoms with E-state index < -0.39 is 5.63 Å². The van der Waals surface area contributed by atoms with Crippen molar-refractivity contribution >= 4 is 22.5 Å². The highest BCUT2D eigenvalue weighted by molar-refractivity contribution is 6.35. The highest BCUT2D eigenvalue weighted by Crippen LogP contribution is 2.31. The quantitative estimate of drug-likeness (QED) is 0.518. The Hall–Kier alpha value is -3.25. The Balaban J connectivity index is 1.83. The normalized spacial score (nSPS) is 10.8. The van der Waals surface area contributed by atoms with Crippen LogP contribution >= 0.6 is 11.6 Å². The second-order valence-electron chi connectivity index (χ2n) is 5.35. The van der Waals surface area contributed by atoms with Crippen LogP contribution in [0.2, 0.25) is 5.02 Å². The molecule has 0 saturated carbocycles. The van der Waals surface area contributed by atoms with Gasteiger partial charge < -0.3 is 9.15 Å². The smallest absolute Gasteiger partial charge is 0.348 e. The first kappa shape index (κ1) is 16.2. The van der Waals surface area contributed by atoms with Crippen LogP contribution < -0.4 is 10.4 Å². The first-order valence-electron chi connectivity index (χ1n) is 7.60. The predicted octanol–water partition coefficient (Wildman–Crippen LogP) is 4.83. The maximum atomic E-state index is 13.1. The van der Waals surface area contributed by atoms with E-state index in [0.717, 1.165) is 0 Å². The third-order valence-electron chi connectivity index (χ3n) is 3.64. The molecule has 26 heavy (non-hydrogen) atoms. The molecule has 5 nitrogen and oxygen atoms in total. The van der Waals surface area contributed by atoms with Crippen LogP contribution in [0, 0.1) is 5.82 Å². The molecule has 0 unspecified atom stereocenters. The molecule has 0 aliphatic heterocycles. The van der Waals surface area contributed by atoms with E-state index in [9.17, 15) is 9.18 Å². The monoisotopic (exact) mass is 368 g/mol. The molecule has 7 heteroatoms. The Bertz CT molecular complexity index is 1160. The highest BCUT2D eigenvalue weighted by atomic mass is 35.5. The van der Waals surface area contributed by atoms with Crippen molar-refractivity contribution in [3.8, 4) is 23.1 Å². The fraction of sp³-hybridized carbons (Fsp3) is 0. The Morgan fingerprint density at radius 2 is 1.85 bits per heavy atom. The maximum Gasteiger partial charge on any atom is 0.348 e. The minimum Gasteiger partial charge on any atom is -0.438 e. The van der Waals surface area contributed by atoms with Gasteiger partial charge in [-0.15, -0.1) is 0 Å². The summed E-state index contributed by atoms with van der Waals surface area (Å²) >= 11 is 6.04. The standard InChI is InChI=1S/C19H10ClFN2O3/c20-14-4-1-5-15-16(14)19(24)26-18(23-15)13-3-2-10-22-17(13)25-12-8-6-11(21)7-9-12/h1-10H. The van der Waals surface area contributed by atoms with E-state index in [0.29, 0.717) is 16.8 Å². The first-order valence-corrected chi connectivity index (χ1v) is 7.98. The number of rotatable bonds is 3. The molecule has 0 aliphatic carbocycles. The summed E-state index contributed by atoms with van der Waals surface area (Å²) in [7, 11) is 0.